The normalized spacial score (nSPS) is 18.0. The van der Waals surface area contributed by atoms with Gasteiger partial charge in [0, 0.05) is 17.5 Å². The van der Waals surface area contributed by atoms with Gasteiger partial charge in [-0.3, -0.25) is 5.10 Å². The summed E-state index contributed by atoms with van der Waals surface area (Å²) < 4.78 is 11.2. The fraction of sp³-hybridized carbons (Fsp3) is 0.263. The van der Waals surface area contributed by atoms with Crippen molar-refractivity contribution in [3.8, 4) is 17.0 Å². The van der Waals surface area contributed by atoms with E-state index in [4.69, 9.17) is 9.47 Å². The second-order valence-corrected chi connectivity index (χ2v) is 6.08. The van der Waals surface area contributed by atoms with Crippen molar-refractivity contribution in [1.82, 2.24) is 15.5 Å². The molecule has 25 heavy (non-hydrogen) atoms. The van der Waals surface area contributed by atoms with Gasteiger partial charge < -0.3 is 14.8 Å². The van der Waals surface area contributed by atoms with Crippen molar-refractivity contribution in [2.75, 3.05) is 13.2 Å². The van der Waals surface area contributed by atoms with Crippen LogP contribution in [0.4, 0.5) is 4.79 Å². The largest absolute Gasteiger partial charge is 0.494 e. The number of rotatable bonds is 0. The fourth-order valence-electron chi connectivity index (χ4n) is 2.96. The van der Waals surface area contributed by atoms with E-state index in [9.17, 15) is 4.79 Å². The zero-order valence-corrected chi connectivity index (χ0v) is 13.9. The van der Waals surface area contributed by atoms with Crippen molar-refractivity contribution < 1.29 is 14.3 Å². The van der Waals surface area contributed by atoms with Crippen molar-refractivity contribution in [1.29, 1.82) is 0 Å². The van der Waals surface area contributed by atoms with E-state index in [0.717, 1.165) is 33.5 Å². The zero-order chi connectivity index (χ0) is 17.2. The number of carbonyl (C=O) groups excluding carboxylic acids is 1. The van der Waals surface area contributed by atoms with Crippen LogP contribution in [0.15, 0.2) is 42.5 Å². The molecular weight excluding hydrogens is 318 g/mol. The SMILES string of the molecule is CC1OC(=O)NCCCOc2ccc3[nH]nc(c3c2)-c2cccc1c2. The number of benzene rings is 2. The average Bonchev–Trinajstić information content (AvgIpc) is 3.04. The predicted molar refractivity (Wildman–Crippen MR) is 94.5 cm³/mol. The first-order valence-corrected chi connectivity index (χ1v) is 8.36. The van der Waals surface area contributed by atoms with Crippen LogP contribution in [0.2, 0.25) is 0 Å². The number of cyclic esters (lactones) is 1. The Bertz CT molecular complexity index is 919. The van der Waals surface area contributed by atoms with Gasteiger partial charge in [0.05, 0.1) is 12.1 Å². The van der Waals surface area contributed by atoms with Gasteiger partial charge >= 0.3 is 6.09 Å². The van der Waals surface area contributed by atoms with Gasteiger partial charge in [-0.05, 0) is 43.2 Å². The number of nitrogens with zero attached hydrogens (tertiary/aromatic N) is 1. The highest BCUT2D eigenvalue weighted by Crippen LogP contribution is 2.31. The molecule has 0 fully saturated rings. The molecule has 1 aliphatic heterocycles. The smallest absolute Gasteiger partial charge is 0.407 e. The fourth-order valence-corrected chi connectivity index (χ4v) is 2.96. The average molecular weight is 337 g/mol. The number of carbonyl (C=O) groups is 1. The number of amides is 1. The topological polar surface area (TPSA) is 76.2 Å². The summed E-state index contributed by atoms with van der Waals surface area (Å²) in [5.74, 6) is 0.789. The molecule has 0 spiro atoms. The molecule has 3 aromatic rings. The Morgan fingerprint density at radius 2 is 2.12 bits per heavy atom. The first-order valence-electron chi connectivity index (χ1n) is 8.36. The van der Waals surface area contributed by atoms with Gasteiger partial charge in [-0.2, -0.15) is 5.10 Å². The van der Waals surface area contributed by atoms with Gasteiger partial charge in [-0.1, -0.05) is 18.2 Å². The maximum atomic E-state index is 11.9. The standard InChI is InChI=1S/C19H19N3O3/c1-12-13-4-2-5-14(10-13)18-16-11-15(6-7-17(16)21-22-18)24-9-3-8-20-19(23)25-12/h2,4-7,10-12H,3,8-9H2,1H3,(H,20,23)(H,21,22). The molecule has 0 radical (unpaired) electrons. The van der Waals surface area contributed by atoms with E-state index in [1.807, 2.05) is 49.4 Å². The lowest BCUT2D eigenvalue weighted by Gasteiger charge is -2.15. The Labute approximate surface area is 145 Å². The summed E-state index contributed by atoms with van der Waals surface area (Å²) in [5.41, 5.74) is 3.70. The lowest BCUT2D eigenvalue weighted by Crippen LogP contribution is -2.27. The van der Waals surface area contributed by atoms with Crippen molar-refractivity contribution >= 4 is 17.0 Å². The molecule has 2 N–H and O–H groups in total. The molecule has 1 atom stereocenters. The van der Waals surface area contributed by atoms with Crippen LogP contribution in [0.25, 0.3) is 22.2 Å². The number of alkyl carbamates (subject to hydrolysis) is 1. The lowest BCUT2D eigenvalue weighted by molar-refractivity contribution is 0.107. The third kappa shape index (κ3) is 3.15. The number of ether oxygens (including phenoxy) is 2. The minimum Gasteiger partial charge on any atom is -0.494 e. The van der Waals surface area contributed by atoms with Crippen LogP contribution < -0.4 is 10.1 Å². The number of hydrogen-bond donors (Lipinski definition) is 2. The van der Waals surface area contributed by atoms with E-state index in [0.29, 0.717) is 19.6 Å². The molecule has 6 heteroatoms. The van der Waals surface area contributed by atoms with E-state index >= 15 is 0 Å². The molecule has 1 aliphatic rings. The van der Waals surface area contributed by atoms with Gasteiger partial charge in [-0.15, -0.1) is 0 Å². The maximum absolute atomic E-state index is 11.9. The van der Waals surface area contributed by atoms with Crippen LogP contribution in [0.3, 0.4) is 0 Å². The van der Waals surface area contributed by atoms with Gasteiger partial charge in [0.1, 0.15) is 17.5 Å². The second kappa shape index (κ2) is 6.47. The van der Waals surface area contributed by atoms with Crippen LogP contribution in [0.1, 0.15) is 25.0 Å². The van der Waals surface area contributed by atoms with Crippen LogP contribution in [-0.2, 0) is 4.74 Å². The third-order valence-corrected chi connectivity index (χ3v) is 4.31. The van der Waals surface area contributed by atoms with Crippen molar-refractivity contribution in [2.45, 2.75) is 19.4 Å². The van der Waals surface area contributed by atoms with E-state index in [2.05, 4.69) is 15.5 Å². The van der Waals surface area contributed by atoms with E-state index in [-0.39, 0.29) is 6.10 Å². The van der Waals surface area contributed by atoms with Gasteiger partial charge in [-0.25, -0.2) is 4.79 Å². The first kappa shape index (κ1) is 15.5. The van der Waals surface area contributed by atoms with Crippen LogP contribution in [0.5, 0.6) is 5.75 Å². The Hall–Kier alpha value is -3.02. The summed E-state index contributed by atoms with van der Waals surface area (Å²) in [6.07, 6.45) is -0.0642. The highest BCUT2D eigenvalue weighted by Gasteiger charge is 2.15. The summed E-state index contributed by atoms with van der Waals surface area (Å²) in [7, 11) is 0. The second-order valence-electron chi connectivity index (χ2n) is 6.08. The zero-order valence-electron chi connectivity index (χ0n) is 13.9. The molecule has 2 heterocycles. The van der Waals surface area contributed by atoms with E-state index in [1.54, 1.807) is 0 Å². The van der Waals surface area contributed by atoms with Crippen molar-refractivity contribution in [3.05, 3.63) is 48.0 Å². The number of hydrogen-bond acceptors (Lipinski definition) is 4. The Morgan fingerprint density at radius 3 is 3.04 bits per heavy atom. The molecule has 128 valence electrons. The van der Waals surface area contributed by atoms with Crippen molar-refractivity contribution in [3.63, 3.8) is 0 Å². The lowest BCUT2D eigenvalue weighted by atomic mass is 10.0. The summed E-state index contributed by atoms with van der Waals surface area (Å²) in [6.45, 7) is 2.88. The maximum Gasteiger partial charge on any atom is 0.407 e. The molecule has 1 aromatic heterocycles. The number of aromatic nitrogens is 2. The Balaban J connectivity index is 1.81. The minimum atomic E-state index is -0.421. The summed E-state index contributed by atoms with van der Waals surface area (Å²) in [5, 5.41) is 11.3. The van der Waals surface area contributed by atoms with Crippen LogP contribution >= 0.6 is 0 Å². The number of nitrogens with one attached hydrogen (secondary N) is 2. The highest BCUT2D eigenvalue weighted by atomic mass is 16.6. The van der Waals surface area contributed by atoms with Crippen molar-refractivity contribution in [2.24, 2.45) is 0 Å². The molecule has 2 aromatic carbocycles. The van der Waals surface area contributed by atoms with E-state index < -0.39 is 6.09 Å². The van der Waals surface area contributed by atoms with Crippen LogP contribution in [0, 0.1) is 0 Å². The van der Waals surface area contributed by atoms with Gasteiger partial charge in [0.2, 0.25) is 0 Å². The van der Waals surface area contributed by atoms with Gasteiger partial charge in [0.25, 0.3) is 0 Å². The number of H-pyrrole nitrogens is 1. The Morgan fingerprint density at radius 1 is 1.20 bits per heavy atom. The Kier molecular flexibility index (Phi) is 4.01. The van der Waals surface area contributed by atoms with E-state index in [1.165, 1.54) is 0 Å². The molecule has 4 rings (SSSR count). The minimum absolute atomic E-state index is 0.345. The summed E-state index contributed by atoms with van der Waals surface area (Å²) >= 11 is 0. The summed E-state index contributed by atoms with van der Waals surface area (Å²) in [6, 6.07) is 13.8. The van der Waals surface area contributed by atoms with Crippen LogP contribution in [-0.4, -0.2) is 29.4 Å². The molecule has 0 saturated carbocycles. The molecule has 6 nitrogen and oxygen atoms in total. The molecule has 0 saturated heterocycles. The quantitative estimate of drug-likeness (QED) is 0.654. The third-order valence-electron chi connectivity index (χ3n) is 4.31. The number of fused-ring (bicyclic) bond motifs is 4. The molecular formula is C19H19N3O3. The molecule has 1 amide bonds. The molecule has 1 unspecified atom stereocenters. The first-order chi connectivity index (χ1) is 12.2. The molecule has 4 bridgehead atoms. The van der Waals surface area contributed by atoms with Gasteiger partial charge in [0.15, 0.2) is 0 Å². The molecule has 0 aliphatic carbocycles. The summed E-state index contributed by atoms with van der Waals surface area (Å²) in [4.78, 5) is 11.9. The highest BCUT2D eigenvalue weighted by molar-refractivity contribution is 5.93. The monoisotopic (exact) mass is 337 g/mol. The predicted octanol–water partition coefficient (Wildman–Crippen LogP) is 3.80. The number of aromatic amines is 1.